The fraction of sp³-hybridized carbons (Fsp3) is 0.471. The number of nitrogens with one attached hydrogen (secondary N) is 2. The number of nitrogens with zero attached hydrogens (tertiary/aromatic N) is 3. The number of hydrogen-bond donors (Lipinski definition) is 2. The lowest BCUT2D eigenvalue weighted by atomic mass is 10.2. The van der Waals surface area contributed by atoms with E-state index in [-0.39, 0.29) is 22.0 Å². The Hall–Kier alpha value is -1.75. The minimum atomic E-state index is -3.63. The maximum Gasteiger partial charge on any atom is 0.253 e. The first-order valence-corrected chi connectivity index (χ1v) is 11.3. The van der Waals surface area contributed by atoms with E-state index in [1.54, 1.807) is 0 Å². The zero-order chi connectivity index (χ0) is 19.9. The van der Waals surface area contributed by atoms with Gasteiger partial charge in [0.2, 0.25) is 10.0 Å². The van der Waals surface area contributed by atoms with E-state index in [1.165, 1.54) is 22.5 Å². The molecule has 1 aliphatic carbocycles. The Kier molecular flexibility index (Phi) is 5.30. The van der Waals surface area contributed by atoms with Crippen LogP contribution in [0, 0.1) is 4.77 Å². The first kappa shape index (κ1) is 19.6. The van der Waals surface area contributed by atoms with Crippen LogP contribution in [0.4, 0.5) is 0 Å². The van der Waals surface area contributed by atoms with Gasteiger partial charge in [0.15, 0.2) is 10.6 Å². The Balaban J connectivity index is 1.54. The van der Waals surface area contributed by atoms with Gasteiger partial charge in [-0.15, -0.1) is 0 Å². The third kappa shape index (κ3) is 3.73. The molecule has 0 atom stereocenters. The molecule has 1 aromatic heterocycles. The third-order valence-corrected chi connectivity index (χ3v) is 7.49. The summed E-state index contributed by atoms with van der Waals surface area (Å²) in [5, 5.41) is 9.87. The lowest BCUT2D eigenvalue weighted by Crippen LogP contribution is -2.29. The summed E-state index contributed by atoms with van der Waals surface area (Å²) in [6, 6.07) is 4.55. The average Bonchev–Trinajstić information content (AvgIpc) is 3.19. The second kappa shape index (κ2) is 7.58. The Bertz CT molecular complexity index is 1070. The van der Waals surface area contributed by atoms with E-state index < -0.39 is 15.9 Å². The van der Waals surface area contributed by atoms with Gasteiger partial charge in [-0.25, -0.2) is 8.42 Å². The van der Waals surface area contributed by atoms with Crippen LogP contribution >= 0.6 is 23.8 Å². The fourth-order valence-corrected chi connectivity index (χ4v) is 5.39. The largest absolute Gasteiger partial charge is 0.345 e. The molecular weight excluding hydrogens is 422 g/mol. The summed E-state index contributed by atoms with van der Waals surface area (Å²) in [6.07, 6.45) is 3.76. The first-order valence-electron chi connectivity index (χ1n) is 9.11. The molecule has 1 amide bonds. The number of sulfonamides is 1. The number of aromatic nitrogens is 3. The van der Waals surface area contributed by atoms with Gasteiger partial charge >= 0.3 is 0 Å². The molecule has 1 aromatic carbocycles. The predicted octanol–water partition coefficient (Wildman–Crippen LogP) is 2.64. The van der Waals surface area contributed by atoms with Gasteiger partial charge in [0.05, 0.1) is 22.0 Å². The molecule has 0 bridgehead atoms. The van der Waals surface area contributed by atoms with Crippen molar-refractivity contribution in [2.75, 3.05) is 13.1 Å². The number of amides is 1. The zero-order valence-corrected chi connectivity index (χ0v) is 17.4. The number of halogens is 1. The van der Waals surface area contributed by atoms with Crippen molar-refractivity contribution in [2.24, 2.45) is 0 Å². The quantitative estimate of drug-likeness (QED) is 0.671. The van der Waals surface area contributed by atoms with Crippen molar-refractivity contribution < 1.29 is 13.2 Å². The molecule has 11 heteroatoms. The van der Waals surface area contributed by atoms with Gasteiger partial charge in [-0.1, -0.05) is 11.6 Å². The van der Waals surface area contributed by atoms with Crippen molar-refractivity contribution in [1.29, 1.82) is 0 Å². The average molecular weight is 442 g/mol. The number of benzene rings is 1. The monoisotopic (exact) mass is 441 g/mol. The summed E-state index contributed by atoms with van der Waals surface area (Å²) in [7, 11) is -3.63. The van der Waals surface area contributed by atoms with Gasteiger partial charge in [-0.3, -0.25) is 14.5 Å². The molecule has 4 rings (SSSR count). The number of carbonyl (C=O) groups is 1. The summed E-state index contributed by atoms with van der Waals surface area (Å²) in [4.78, 5) is 12.7. The van der Waals surface area contributed by atoms with Crippen LogP contribution in [0.25, 0.3) is 0 Å². The number of aromatic amines is 1. The number of carbonyl (C=O) groups excluding carboxylic acids is 1. The van der Waals surface area contributed by atoms with Crippen molar-refractivity contribution >= 4 is 39.7 Å². The van der Waals surface area contributed by atoms with Gasteiger partial charge in [-0.05, 0) is 56.1 Å². The normalized spacial score (nSPS) is 17.8. The van der Waals surface area contributed by atoms with Crippen LogP contribution < -0.4 is 5.32 Å². The highest BCUT2D eigenvalue weighted by Crippen LogP contribution is 2.35. The lowest BCUT2D eigenvalue weighted by molar-refractivity contribution is 0.0949. The molecule has 2 N–H and O–H groups in total. The summed E-state index contributed by atoms with van der Waals surface area (Å²) in [5.74, 6) is 0.178. The molecule has 0 spiro atoms. The van der Waals surface area contributed by atoms with Crippen molar-refractivity contribution in [1.82, 2.24) is 24.4 Å². The summed E-state index contributed by atoms with van der Waals surface area (Å²) in [6.45, 7) is 1.16. The van der Waals surface area contributed by atoms with E-state index in [1.807, 2.05) is 4.57 Å². The third-order valence-electron chi connectivity index (χ3n) is 4.98. The molecule has 0 unspecified atom stereocenters. The van der Waals surface area contributed by atoms with E-state index in [0.717, 1.165) is 25.7 Å². The van der Waals surface area contributed by atoms with Gasteiger partial charge in [-0.2, -0.15) is 9.40 Å². The molecular formula is C17H20ClN5O3S2. The summed E-state index contributed by atoms with van der Waals surface area (Å²) >= 11 is 11.4. The van der Waals surface area contributed by atoms with Crippen LogP contribution in [0.3, 0.4) is 0 Å². The molecule has 1 aliphatic heterocycles. The maximum absolute atomic E-state index is 12.8. The molecule has 1 saturated carbocycles. The summed E-state index contributed by atoms with van der Waals surface area (Å²) in [5.41, 5.74) is 0.119. The topological polar surface area (TPSA) is 100 Å². The van der Waals surface area contributed by atoms with Crippen LogP contribution in [-0.2, 0) is 16.6 Å². The van der Waals surface area contributed by atoms with Crippen LogP contribution in [0.1, 0.15) is 47.9 Å². The maximum atomic E-state index is 12.8. The standard InChI is InChI=1S/C17H20ClN5O3S2/c18-14-6-5-12(28(25,26)22-7-1-2-8-22)9-13(14)16(24)19-10-15-20-21-17(27)23(15)11-3-4-11/h5-6,9,11H,1-4,7-8,10H2,(H,19,24)(H,21,27). The van der Waals surface area contributed by atoms with Gasteiger partial charge in [0, 0.05) is 19.1 Å². The predicted molar refractivity (Wildman–Crippen MR) is 106 cm³/mol. The zero-order valence-electron chi connectivity index (χ0n) is 15.0. The van der Waals surface area contributed by atoms with Gasteiger partial charge in [0.25, 0.3) is 5.91 Å². The van der Waals surface area contributed by atoms with Crippen molar-refractivity contribution in [3.05, 3.63) is 39.4 Å². The van der Waals surface area contributed by atoms with Crippen LogP contribution in [0.5, 0.6) is 0 Å². The van der Waals surface area contributed by atoms with E-state index >= 15 is 0 Å². The van der Waals surface area contributed by atoms with Crippen LogP contribution in [0.15, 0.2) is 23.1 Å². The molecule has 2 heterocycles. The Morgan fingerprint density at radius 3 is 2.71 bits per heavy atom. The molecule has 1 saturated heterocycles. The van der Waals surface area contributed by atoms with Gasteiger partial charge in [0.1, 0.15) is 0 Å². The molecule has 8 nitrogen and oxygen atoms in total. The minimum absolute atomic E-state index is 0.0737. The Morgan fingerprint density at radius 1 is 1.32 bits per heavy atom. The molecule has 0 radical (unpaired) electrons. The highest BCUT2D eigenvalue weighted by atomic mass is 35.5. The molecule has 150 valence electrons. The number of hydrogen-bond acceptors (Lipinski definition) is 5. The molecule has 28 heavy (non-hydrogen) atoms. The molecule has 2 aliphatic rings. The molecule has 2 aromatic rings. The first-order chi connectivity index (χ1) is 13.4. The smallest absolute Gasteiger partial charge is 0.253 e. The SMILES string of the molecule is O=C(NCc1n[nH]c(=S)n1C1CC1)c1cc(S(=O)(=O)N2CCCC2)ccc1Cl. The van der Waals surface area contributed by atoms with E-state index in [0.29, 0.717) is 29.7 Å². The number of H-pyrrole nitrogens is 1. The van der Waals surface area contributed by atoms with E-state index in [9.17, 15) is 13.2 Å². The minimum Gasteiger partial charge on any atom is -0.345 e. The Labute approximate surface area is 172 Å². The van der Waals surface area contributed by atoms with Gasteiger partial charge < -0.3 is 5.32 Å². The fourth-order valence-electron chi connectivity index (χ4n) is 3.34. The highest BCUT2D eigenvalue weighted by molar-refractivity contribution is 7.89. The second-order valence-electron chi connectivity index (χ2n) is 6.98. The van der Waals surface area contributed by atoms with Crippen molar-refractivity contribution in [3.8, 4) is 0 Å². The van der Waals surface area contributed by atoms with E-state index in [2.05, 4.69) is 15.5 Å². The van der Waals surface area contributed by atoms with E-state index in [4.69, 9.17) is 23.8 Å². The van der Waals surface area contributed by atoms with Crippen LogP contribution in [0.2, 0.25) is 5.02 Å². The number of rotatable bonds is 6. The highest BCUT2D eigenvalue weighted by Gasteiger charge is 2.29. The van der Waals surface area contributed by atoms with Crippen molar-refractivity contribution in [2.45, 2.75) is 43.2 Å². The Morgan fingerprint density at radius 2 is 2.04 bits per heavy atom. The lowest BCUT2D eigenvalue weighted by Gasteiger charge is -2.16. The van der Waals surface area contributed by atoms with Crippen molar-refractivity contribution in [3.63, 3.8) is 0 Å². The summed E-state index contributed by atoms with van der Waals surface area (Å²) < 4.78 is 29.4. The molecule has 2 fully saturated rings. The second-order valence-corrected chi connectivity index (χ2v) is 9.71. The van der Waals surface area contributed by atoms with Crippen LogP contribution in [-0.4, -0.2) is 46.5 Å².